The minimum Gasteiger partial charge on any atom is -0.312 e. The van der Waals surface area contributed by atoms with E-state index in [0.29, 0.717) is 5.82 Å². The van der Waals surface area contributed by atoms with Gasteiger partial charge in [-0.05, 0) is 12.8 Å². The first-order valence-corrected chi connectivity index (χ1v) is 3.75. The molecule has 0 aromatic rings. The van der Waals surface area contributed by atoms with Gasteiger partial charge in [0.05, 0.1) is 13.5 Å². The van der Waals surface area contributed by atoms with Gasteiger partial charge in [-0.15, -0.1) is 0 Å². The molecule has 1 aliphatic carbocycles. The van der Waals surface area contributed by atoms with Crippen molar-refractivity contribution in [2.45, 2.75) is 31.5 Å². The molecule has 0 bridgehead atoms. The molecule has 1 rings (SSSR count). The predicted octanol–water partition coefficient (Wildman–Crippen LogP) is 0.829. The molecule has 0 atom stereocenters. The van der Waals surface area contributed by atoms with Crippen LogP contribution in [0.15, 0.2) is 0 Å². The molecule has 0 spiro atoms. The fraction of sp³-hybridized carbons (Fsp3) is 0.857. The van der Waals surface area contributed by atoms with Gasteiger partial charge in [0, 0.05) is 5.92 Å². The fourth-order valence-corrected chi connectivity index (χ4v) is 1.40. The van der Waals surface area contributed by atoms with Crippen molar-refractivity contribution >= 4 is 21.4 Å². The van der Waals surface area contributed by atoms with Crippen molar-refractivity contribution in [3.8, 4) is 0 Å². The highest BCUT2D eigenvalue weighted by Crippen LogP contribution is 2.30. The zero-order valence-corrected chi connectivity index (χ0v) is 6.05. The molecule has 0 aliphatic heterocycles. The van der Waals surface area contributed by atoms with E-state index in [9.17, 15) is 4.79 Å². The number of hydrogen-bond acceptors (Lipinski definition) is 1. The van der Waals surface area contributed by atoms with Crippen molar-refractivity contribution in [2.75, 3.05) is 0 Å². The third kappa shape index (κ3) is 1.89. The highest BCUT2D eigenvalue weighted by Gasteiger charge is 2.20. The Hall–Kier alpha value is -0.200. The van der Waals surface area contributed by atoms with E-state index in [4.69, 9.17) is 15.7 Å². The lowest BCUT2D eigenvalue weighted by molar-refractivity contribution is -0.116. The van der Waals surface area contributed by atoms with Crippen LogP contribution in [0.1, 0.15) is 25.7 Å². The van der Waals surface area contributed by atoms with Crippen LogP contribution in [0.3, 0.4) is 0 Å². The monoisotopic (exact) mass is 132 g/mol. The van der Waals surface area contributed by atoms with E-state index in [1.165, 1.54) is 0 Å². The summed E-state index contributed by atoms with van der Waals surface area (Å²) in [6.07, 6.45) is 3.67. The van der Waals surface area contributed by atoms with Crippen LogP contribution in [0.4, 0.5) is 0 Å². The van der Waals surface area contributed by atoms with Crippen LogP contribution >= 0.6 is 0 Å². The predicted molar refractivity (Wildman–Crippen MR) is 42.2 cm³/mol. The van der Waals surface area contributed by atoms with E-state index >= 15 is 0 Å². The number of carbonyl (C=O) groups excluding carboxylic acids is 1. The number of hydrogen-bond donors (Lipinski definition) is 0. The molecule has 0 unspecified atom stereocenters. The summed E-state index contributed by atoms with van der Waals surface area (Å²) >= 11 is 0. The molecule has 0 aromatic heterocycles. The Morgan fingerprint density at radius 1 is 1.20 bits per heavy atom. The van der Waals surface area contributed by atoms with Crippen molar-refractivity contribution in [1.82, 2.24) is 0 Å². The first-order valence-electron chi connectivity index (χ1n) is 3.75. The van der Waals surface area contributed by atoms with Gasteiger partial charge in [0.15, 0.2) is 7.85 Å². The normalized spacial score (nSPS) is 33.6. The van der Waals surface area contributed by atoms with Crippen molar-refractivity contribution in [3.63, 3.8) is 0 Å². The van der Waals surface area contributed by atoms with E-state index < -0.39 is 0 Å². The summed E-state index contributed by atoms with van der Waals surface area (Å²) in [5, 5.41) is 0. The second-order valence-corrected chi connectivity index (χ2v) is 3.01. The summed E-state index contributed by atoms with van der Waals surface area (Å²) in [7, 11) is 10.8. The molecule has 10 heavy (non-hydrogen) atoms. The van der Waals surface area contributed by atoms with Crippen LogP contribution in [0.5, 0.6) is 0 Å². The lowest BCUT2D eigenvalue weighted by Gasteiger charge is -2.24. The lowest BCUT2D eigenvalue weighted by atomic mass is 9.69. The van der Waals surface area contributed by atoms with Crippen LogP contribution in [0.25, 0.3) is 0 Å². The average molecular weight is 132 g/mol. The standard InChI is InChI=1S/C7H10B2O/c8-6-3-1-5(2-4-6)7(9)10/h5-6H,1-4H2. The Balaban J connectivity index is 2.33. The highest BCUT2D eigenvalue weighted by atomic mass is 16.1. The van der Waals surface area contributed by atoms with Crippen molar-refractivity contribution in [2.24, 2.45) is 5.92 Å². The smallest absolute Gasteiger partial charge is 0.168 e. The van der Waals surface area contributed by atoms with Crippen molar-refractivity contribution in [1.29, 1.82) is 0 Å². The number of rotatable bonds is 1. The molecule has 50 valence electrons. The van der Waals surface area contributed by atoms with Crippen LogP contribution in [-0.4, -0.2) is 21.4 Å². The molecular weight excluding hydrogens is 122 g/mol. The summed E-state index contributed by atoms with van der Waals surface area (Å²) in [6, 6.07) is 0. The summed E-state index contributed by atoms with van der Waals surface area (Å²) in [5.74, 6) is 0.399. The van der Waals surface area contributed by atoms with Gasteiger partial charge < -0.3 is 4.79 Å². The highest BCUT2D eigenvalue weighted by molar-refractivity contribution is 6.58. The molecule has 1 aliphatic rings. The van der Waals surface area contributed by atoms with Crippen LogP contribution < -0.4 is 0 Å². The maximum absolute atomic E-state index is 10.6. The van der Waals surface area contributed by atoms with Gasteiger partial charge in [0.2, 0.25) is 0 Å². The molecule has 0 N–H and O–H groups in total. The molecule has 1 nitrogen and oxygen atoms in total. The Bertz CT molecular complexity index is 128. The third-order valence-corrected chi connectivity index (χ3v) is 2.17. The zero-order chi connectivity index (χ0) is 7.56. The van der Waals surface area contributed by atoms with Crippen LogP contribution in [0.2, 0.25) is 5.82 Å². The second kappa shape index (κ2) is 3.27. The minimum atomic E-state index is -0.160. The molecule has 0 amide bonds. The fourth-order valence-electron chi connectivity index (χ4n) is 1.40. The first kappa shape index (κ1) is 7.90. The quantitative estimate of drug-likeness (QED) is 0.482. The zero-order valence-electron chi connectivity index (χ0n) is 6.05. The van der Waals surface area contributed by atoms with Crippen LogP contribution in [-0.2, 0) is 4.79 Å². The molecule has 0 heterocycles. The molecule has 3 heteroatoms. The maximum Gasteiger partial charge on any atom is 0.168 e. The molecule has 0 saturated heterocycles. The van der Waals surface area contributed by atoms with E-state index in [0.717, 1.165) is 25.7 Å². The van der Waals surface area contributed by atoms with Gasteiger partial charge >= 0.3 is 0 Å². The summed E-state index contributed by atoms with van der Waals surface area (Å²) in [5.41, 5.74) is -0.160. The summed E-state index contributed by atoms with van der Waals surface area (Å²) in [4.78, 5) is 10.6. The van der Waals surface area contributed by atoms with E-state index in [2.05, 4.69) is 0 Å². The number of carbonyl (C=O) groups is 1. The Morgan fingerprint density at radius 3 is 2.10 bits per heavy atom. The van der Waals surface area contributed by atoms with Gasteiger partial charge in [-0.25, -0.2) is 0 Å². The Kier molecular flexibility index (Phi) is 2.58. The van der Waals surface area contributed by atoms with Gasteiger partial charge in [-0.3, -0.25) is 0 Å². The molecule has 0 aromatic carbocycles. The topological polar surface area (TPSA) is 17.1 Å². The Labute approximate surface area is 64.4 Å². The third-order valence-electron chi connectivity index (χ3n) is 2.17. The molecular formula is C7H10B2O. The first-order chi connectivity index (χ1) is 4.70. The van der Waals surface area contributed by atoms with E-state index in [1.54, 1.807) is 0 Å². The van der Waals surface area contributed by atoms with E-state index in [-0.39, 0.29) is 11.6 Å². The van der Waals surface area contributed by atoms with Gasteiger partial charge in [-0.1, -0.05) is 18.7 Å². The molecule has 4 radical (unpaired) electrons. The largest absolute Gasteiger partial charge is 0.312 e. The summed E-state index contributed by atoms with van der Waals surface area (Å²) in [6.45, 7) is 0. The van der Waals surface area contributed by atoms with Gasteiger partial charge in [0.1, 0.15) is 0 Å². The summed E-state index contributed by atoms with van der Waals surface area (Å²) < 4.78 is 0. The molecule has 1 fully saturated rings. The average Bonchev–Trinajstić information content (AvgIpc) is 1.88. The van der Waals surface area contributed by atoms with Crippen LogP contribution in [0, 0.1) is 5.92 Å². The SMILES string of the molecule is [B]C(=O)C1CCC([B])CC1. The van der Waals surface area contributed by atoms with Gasteiger partial charge in [0.25, 0.3) is 0 Å². The second-order valence-electron chi connectivity index (χ2n) is 3.01. The van der Waals surface area contributed by atoms with Gasteiger partial charge in [-0.2, -0.15) is 0 Å². The Morgan fingerprint density at radius 2 is 1.70 bits per heavy atom. The van der Waals surface area contributed by atoms with Crippen molar-refractivity contribution in [3.05, 3.63) is 0 Å². The minimum absolute atomic E-state index is 0.0970. The molecule has 1 saturated carbocycles. The maximum atomic E-state index is 10.6. The lowest BCUT2D eigenvalue weighted by Crippen LogP contribution is -2.19. The van der Waals surface area contributed by atoms with E-state index in [1.807, 2.05) is 0 Å². The van der Waals surface area contributed by atoms with Crippen molar-refractivity contribution < 1.29 is 4.79 Å².